The summed E-state index contributed by atoms with van der Waals surface area (Å²) in [6, 6.07) is 4.56. The Morgan fingerprint density at radius 3 is 2.95 bits per heavy atom. The van der Waals surface area contributed by atoms with Crippen molar-refractivity contribution in [1.29, 1.82) is 0 Å². The highest BCUT2D eigenvalue weighted by Gasteiger charge is 2.60. The first kappa shape index (κ1) is 25.9. The molecule has 4 atom stereocenters. The van der Waals surface area contributed by atoms with E-state index in [0.717, 1.165) is 0 Å². The van der Waals surface area contributed by atoms with Crippen LogP contribution in [0.25, 0.3) is 10.9 Å². The second kappa shape index (κ2) is 9.89. The molecule has 3 aromatic rings. The molecule has 3 unspecified atom stereocenters. The molecule has 2 saturated heterocycles. The molecule has 198 valence electrons. The summed E-state index contributed by atoms with van der Waals surface area (Å²) in [6.45, 7) is 1.27. The topological polar surface area (TPSA) is 111 Å². The molecule has 2 aliphatic rings. The van der Waals surface area contributed by atoms with E-state index >= 15 is 0 Å². The van der Waals surface area contributed by atoms with Crippen molar-refractivity contribution in [2.24, 2.45) is 0 Å². The summed E-state index contributed by atoms with van der Waals surface area (Å²) in [5.74, 6) is -0.880. The van der Waals surface area contributed by atoms with Gasteiger partial charge in [-0.1, -0.05) is 29.7 Å². The van der Waals surface area contributed by atoms with Gasteiger partial charge in [0.1, 0.15) is 17.0 Å². The van der Waals surface area contributed by atoms with Crippen LogP contribution in [0.2, 0.25) is 5.02 Å². The van der Waals surface area contributed by atoms with Gasteiger partial charge >= 0.3 is 12.4 Å². The van der Waals surface area contributed by atoms with Gasteiger partial charge in [0.15, 0.2) is 5.82 Å². The lowest BCUT2D eigenvalue weighted by Gasteiger charge is -2.31. The van der Waals surface area contributed by atoms with Gasteiger partial charge in [-0.3, -0.25) is 14.5 Å². The second-order valence-electron chi connectivity index (χ2n) is 8.67. The van der Waals surface area contributed by atoms with Crippen molar-refractivity contribution in [3.63, 3.8) is 0 Å². The fraction of sp³-hybridized carbons (Fsp3) is 0.455. The number of hydrogen-bond acceptors (Lipinski definition) is 9. The number of halogens is 5. The number of amides is 1. The monoisotopic (exact) mass is 561 g/mol. The van der Waals surface area contributed by atoms with Crippen LogP contribution in [-0.4, -0.2) is 63.4 Å². The molecule has 0 bridgehead atoms. The predicted molar refractivity (Wildman–Crippen MR) is 125 cm³/mol. The van der Waals surface area contributed by atoms with Crippen molar-refractivity contribution >= 4 is 40.2 Å². The van der Waals surface area contributed by atoms with Gasteiger partial charge in [-0.2, -0.15) is 0 Å². The number of aromatic nitrogens is 3. The number of nitrogens with zero attached hydrogens (tertiary/aromatic N) is 3. The van der Waals surface area contributed by atoms with Crippen molar-refractivity contribution in [3.05, 3.63) is 46.7 Å². The maximum absolute atomic E-state index is 14.1. The summed E-state index contributed by atoms with van der Waals surface area (Å²) in [6.07, 6.45) is -2.96. The lowest BCUT2D eigenvalue weighted by atomic mass is 9.91. The highest BCUT2D eigenvalue weighted by molar-refractivity contribution is 8.08. The highest BCUT2D eigenvalue weighted by Crippen LogP contribution is 2.56. The Morgan fingerprint density at radius 2 is 2.19 bits per heavy atom. The van der Waals surface area contributed by atoms with E-state index < -0.39 is 30.3 Å². The van der Waals surface area contributed by atoms with E-state index in [4.69, 9.17) is 20.8 Å². The molecular weight excluding hydrogens is 542 g/mol. The minimum absolute atomic E-state index is 0.0369. The average Bonchev–Trinajstić information content (AvgIpc) is 3.36. The van der Waals surface area contributed by atoms with Crippen molar-refractivity contribution in [2.75, 3.05) is 19.8 Å². The number of benzene rings is 1. The van der Waals surface area contributed by atoms with E-state index in [0.29, 0.717) is 23.9 Å². The number of rotatable bonds is 8. The van der Waals surface area contributed by atoms with E-state index in [-0.39, 0.29) is 45.6 Å². The Balaban J connectivity index is 1.15. The van der Waals surface area contributed by atoms with E-state index in [1.54, 1.807) is 23.9 Å². The zero-order chi connectivity index (χ0) is 26.4. The Kier molecular flexibility index (Phi) is 6.94. The number of nitrogens with one attached hydrogen (secondary N) is 2. The highest BCUT2D eigenvalue weighted by atomic mass is 35.5. The number of fused-ring (bicyclic) bond motifs is 2. The van der Waals surface area contributed by atoms with Gasteiger partial charge in [0, 0.05) is 29.4 Å². The van der Waals surface area contributed by atoms with Gasteiger partial charge in [0.25, 0.3) is 5.91 Å². The molecule has 0 aliphatic carbocycles. The molecule has 2 aliphatic heterocycles. The summed E-state index contributed by atoms with van der Waals surface area (Å²) in [4.78, 5) is 16.5. The summed E-state index contributed by atoms with van der Waals surface area (Å²) in [5, 5.41) is 14.7. The number of pyridine rings is 1. The minimum atomic E-state index is -4.74. The number of carbonyl (C=O) groups excluding carboxylic acids is 1. The van der Waals surface area contributed by atoms with Crippen molar-refractivity contribution < 1.29 is 36.2 Å². The molecule has 0 spiro atoms. The number of ether oxygens (including phenoxy) is 2. The van der Waals surface area contributed by atoms with E-state index in [1.807, 2.05) is 6.92 Å². The maximum atomic E-state index is 14.1. The third kappa shape index (κ3) is 5.61. The first-order valence-electron chi connectivity index (χ1n) is 11.2. The number of thioether (sulfide) groups is 1. The molecule has 2 fully saturated rings. The van der Waals surface area contributed by atoms with Crippen LogP contribution in [0.15, 0.2) is 28.8 Å². The minimum Gasteiger partial charge on any atom is -0.447 e. The standard InChI is InChI=1S/C22H20ClF4N5O4S/c1-10(19-31-32-20(36-19)34-4-5-35-22(25,26)27)14-7-15-21(37-15,9-29-14)30-18(33)12-6-11-2-3-13(23)16(24)17(11)28-8-12/h2-3,6,8,10,14-15,29H,4-5,7,9H2,1H3,(H,30,33)/t10?,14?,15?,21-/m1/s1. The molecular formula is C22H20ClF4N5O4S. The van der Waals surface area contributed by atoms with E-state index in [9.17, 15) is 22.4 Å². The number of piperidine rings is 1. The van der Waals surface area contributed by atoms with Gasteiger partial charge in [-0.05, 0) is 18.6 Å². The van der Waals surface area contributed by atoms with Crippen LogP contribution < -0.4 is 15.4 Å². The average molecular weight is 562 g/mol. The second-order valence-corrected chi connectivity index (χ2v) is 10.6. The predicted octanol–water partition coefficient (Wildman–Crippen LogP) is 4.03. The van der Waals surface area contributed by atoms with Gasteiger partial charge in [-0.15, -0.1) is 30.0 Å². The fourth-order valence-corrected chi connectivity index (χ4v) is 5.65. The Morgan fingerprint density at radius 1 is 1.38 bits per heavy atom. The maximum Gasteiger partial charge on any atom is 0.522 e. The van der Waals surface area contributed by atoms with Crippen LogP contribution in [0.4, 0.5) is 17.6 Å². The van der Waals surface area contributed by atoms with Crippen LogP contribution in [0, 0.1) is 5.82 Å². The lowest BCUT2D eigenvalue weighted by Crippen LogP contribution is -2.54. The largest absolute Gasteiger partial charge is 0.522 e. The molecule has 2 aromatic heterocycles. The van der Waals surface area contributed by atoms with Crippen LogP contribution in [0.1, 0.15) is 35.5 Å². The molecule has 15 heteroatoms. The van der Waals surface area contributed by atoms with Gasteiger partial charge < -0.3 is 19.8 Å². The van der Waals surface area contributed by atoms with Crippen LogP contribution in [-0.2, 0) is 4.74 Å². The normalized spacial score (nSPS) is 23.9. The molecule has 0 radical (unpaired) electrons. The molecule has 9 nitrogen and oxygen atoms in total. The number of hydrogen-bond donors (Lipinski definition) is 2. The first-order valence-corrected chi connectivity index (χ1v) is 12.4. The molecule has 5 rings (SSSR count). The third-order valence-corrected chi connectivity index (χ3v) is 8.10. The number of carbonyl (C=O) groups is 1. The Hall–Kier alpha value is -2.68. The quantitative estimate of drug-likeness (QED) is 0.239. The molecule has 1 amide bonds. The zero-order valence-electron chi connectivity index (χ0n) is 19.1. The van der Waals surface area contributed by atoms with Crippen molar-refractivity contribution in [2.45, 2.75) is 41.8 Å². The first-order chi connectivity index (χ1) is 17.5. The van der Waals surface area contributed by atoms with E-state index in [1.165, 1.54) is 12.3 Å². The van der Waals surface area contributed by atoms with Gasteiger partial charge in [0.05, 0.1) is 23.1 Å². The summed E-state index contributed by atoms with van der Waals surface area (Å²) in [5.41, 5.74) is 0.408. The van der Waals surface area contributed by atoms with Crippen molar-refractivity contribution in [1.82, 2.24) is 25.8 Å². The molecule has 2 N–H and O–H groups in total. The SMILES string of the molecule is CC(c1nnc(OCCOC(F)(F)F)o1)C1CC2S[C@]2(NC(=O)c2cnc3c(F)c(Cl)ccc3c2)CN1. The fourth-order valence-electron chi connectivity index (χ4n) is 4.20. The smallest absolute Gasteiger partial charge is 0.447 e. The molecule has 0 saturated carbocycles. The van der Waals surface area contributed by atoms with E-state index in [2.05, 4.69) is 30.6 Å². The van der Waals surface area contributed by atoms with Crippen LogP contribution in [0.5, 0.6) is 6.08 Å². The van der Waals surface area contributed by atoms with Gasteiger partial charge in [0.2, 0.25) is 5.89 Å². The Bertz CT molecular complexity index is 1330. The van der Waals surface area contributed by atoms with Gasteiger partial charge in [-0.25, -0.2) is 4.39 Å². The summed E-state index contributed by atoms with van der Waals surface area (Å²) >= 11 is 7.42. The molecule has 4 heterocycles. The van der Waals surface area contributed by atoms with Crippen LogP contribution >= 0.6 is 23.4 Å². The van der Waals surface area contributed by atoms with Crippen LogP contribution in [0.3, 0.4) is 0 Å². The third-order valence-electron chi connectivity index (χ3n) is 6.23. The summed E-state index contributed by atoms with van der Waals surface area (Å²) < 4.78 is 64.3. The zero-order valence-corrected chi connectivity index (χ0v) is 20.7. The Labute approximate surface area is 216 Å². The molecule has 37 heavy (non-hydrogen) atoms. The number of alkyl halides is 3. The lowest BCUT2D eigenvalue weighted by molar-refractivity contribution is -0.325. The van der Waals surface area contributed by atoms with Crippen molar-refractivity contribution in [3.8, 4) is 6.08 Å². The molecule has 1 aromatic carbocycles. The summed E-state index contributed by atoms with van der Waals surface area (Å²) in [7, 11) is 0.